The highest BCUT2D eigenvalue weighted by Gasteiger charge is 2.27. The number of aromatic nitrogens is 1. The number of likely N-dealkylation sites (tertiary alicyclic amines) is 1. The minimum Gasteiger partial charge on any atom is -0.391 e. The molecule has 3 rings (SSSR count). The van der Waals surface area contributed by atoms with Crippen LogP contribution in [0.4, 0.5) is 0 Å². The van der Waals surface area contributed by atoms with Gasteiger partial charge in [-0.25, -0.2) is 0 Å². The van der Waals surface area contributed by atoms with Gasteiger partial charge in [-0.05, 0) is 12.5 Å². The van der Waals surface area contributed by atoms with Gasteiger partial charge < -0.3 is 14.6 Å². The number of aliphatic hydroxyl groups is 1. The molecule has 1 N–H and O–H groups in total. The van der Waals surface area contributed by atoms with Gasteiger partial charge in [0.2, 0.25) is 0 Å². The van der Waals surface area contributed by atoms with Crippen LogP contribution in [0.15, 0.2) is 30.5 Å². The van der Waals surface area contributed by atoms with Crippen LogP contribution in [0.5, 0.6) is 0 Å². The Morgan fingerprint density at radius 1 is 1.39 bits per heavy atom. The third kappa shape index (κ3) is 1.69. The maximum atomic E-state index is 12.4. The van der Waals surface area contributed by atoms with E-state index in [2.05, 4.69) is 0 Å². The second-order valence-electron chi connectivity index (χ2n) is 4.86. The molecule has 0 unspecified atom stereocenters. The van der Waals surface area contributed by atoms with E-state index in [9.17, 15) is 9.90 Å². The van der Waals surface area contributed by atoms with E-state index in [4.69, 9.17) is 0 Å². The monoisotopic (exact) mass is 244 g/mol. The van der Waals surface area contributed by atoms with Crippen molar-refractivity contribution >= 4 is 16.8 Å². The average Bonchev–Trinajstić information content (AvgIpc) is 2.94. The molecule has 2 heterocycles. The number of amides is 1. The zero-order valence-electron chi connectivity index (χ0n) is 10.3. The Bertz CT molecular complexity index is 603. The summed E-state index contributed by atoms with van der Waals surface area (Å²) in [6, 6.07) is 7.88. The first-order valence-corrected chi connectivity index (χ1v) is 6.18. The molecule has 18 heavy (non-hydrogen) atoms. The SMILES string of the molecule is Cn1cc(C(=O)N2CC[C@@H](O)C2)c2ccccc21. The summed E-state index contributed by atoms with van der Waals surface area (Å²) in [7, 11) is 1.94. The van der Waals surface area contributed by atoms with E-state index < -0.39 is 0 Å². The van der Waals surface area contributed by atoms with Crippen LogP contribution in [-0.2, 0) is 7.05 Å². The van der Waals surface area contributed by atoms with Gasteiger partial charge in [0.25, 0.3) is 5.91 Å². The number of fused-ring (bicyclic) bond motifs is 1. The summed E-state index contributed by atoms with van der Waals surface area (Å²) in [4.78, 5) is 14.1. The molecule has 0 radical (unpaired) electrons. The number of carbonyl (C=O) groups excluding carboxylic acids is 1. The molecular formula is C14H16N2O2. The van der Waals surface area contributed by atoms with E-state index in [0.717, 1.165) is 16.5 Å². The van der Waals surface area contributed by atoms with Gasteiger partial charge in [-0.1, -0.05) is 18.2 Å². The topological polar surface area (TPSA) is 45.5 Å². The molecule has 1 saturated heterocycles. The summed E-state index contributed by atoms with van der Waals surface area (Å²) >= 11 is 0. The first-order valence-electron chi connectivity index (χ1n) is 6.18. The molecule has 1 amide bonds. The van der Waals surface area contributed by atoms with Gasteiger partial charge in [0.1, 0.15) is 0 Å². The summed E-state index contributed by atoms with van der Waals surface area (Å²) in [5.74, 6) is 0.0170. The number of para-hydroxylation sites is 1. The fraction of sp³-hybridized carbons (Fsp3) is 0.357. The maximum absolute atomic E-state index is 12.4. The largest absolute Gasteiger partial charge is 0.391 e. The minimum atomic E-state index is -0.371. The van der Waals surface area contributed by atoms with Crippen molar-refractivity contribution in [1.82, 2.24) is 9.47 Å². The molecule has 0 saturated carbocycles. The third-order valence-corrected chi connectivity index (χ3v) is 3.58. The molecule has 1 aromatic heterocycles. The van der Waals surface area contributed by atoms with Crippen molar-refractivity contribution in [3.05, 3.63) is 36.0 Å². The van der Waals surface area contributed by atoms with Crippen LogP contribution in [0.25, 0.3) is 10.9 Å². The van der Waals surface area contributed by atoms with E-state index in [0.29, 0.717) is 19.5 Å². The molecule has 1 aromatic carbocycles. The van der Waals surface area contributed by atoms with Crippen LogP contribution < -0.4 is 0 Å². The van der Waals surface area contributed by atoms with Gasteiger partial charge in [-0.15, -0.1) is 0 Å². The molecule has 1 fully saturated rings. The second kappa shape index (κ2) is 4.14. The standard InChI is InChI=1S/C14H16N2O2/c1-15-9-12(11-4-2-3-5-13(11)15)14(18)16-7-6-10(17)8-16/h2-5,9-10,17H,6-8H2,1H3/t10-/m1/s1. The fourth-order valence-corrected chi connectivity index (χ4v) is 2.61. The van der Waals surface area contributed by atoms with Crippen molar-refractivity contribution in [2.45, 2.75) is 12.5 Å². The van der Waals surface area contributed by atoms with Gasteiger partial charge in [0.05, 0.1) is 11.7 Å². The zero-order chi connectivity index (χ0) is 12.7. The van der Waals surface area contributed by atoms with Gasteiger partial charge in [0.15, 0.2) is 0 Å². The highest BCUT2D eigenvalue weighted by atomic mass is 16.3. The highest BCUT2D eigenvalue weighted by Crippen LogP contribution is 2.23. The van der Waals surface area contributed by atoms with Crippen molar-refractivity contribution in [3.8, 4) is 0 Å². The Kier molecular flexibility index (Phi) is 2.59. The van der Waals surface area contributed by atoms with E-state index in [1.165, 1.54) is 0 Å². The number of carbonyl (C=O) groups is 1. The van der Waals surface area contributed by atoms with Crippen molar-refractivity contribution in [2.75, 3.05) is 13.1 Å². The zero-order valence-corrected chi connectivity index (χ0v) is 10.3. The van der Waals surface area contributed by atoms with Gasteiger partial charge in [-0.2, -0.15) is 0 Å². The van der Waals surface area contributed by atoms with Crippen LogP contribution >= 0.6 is 0 Å². The van der Waals surface area contributed by atoms with Crippen LogP contribution in [0.3, 0.4) is 0 Å². The van der Waals surface area contributed by atoms with Gasteiger partial charge in [0, 0.05) is 37.2 Å². The van der Waals surface area contributed by atoms with Crippen LogP contribution in [0, 0.1) is 0 Å². The maximum Gasteiger partial charge on any atom is 0.256 e. The number of hydrogen-bond donors (Lipinski definition) is 1. The highest BCUT2D eigenvalue weighted by molar-refractivity contribution is 6.07. The summed E-state index contributed by atoms with van der Waals surface area (Å²) in [6.45, 7) is 1.09. The van der Waals surface area contributed by atoms with Crippen LogP contribution in [0.1, 0.15) is 16.8 Å². The number of nitrogens with zero attached hydrogens (tertiary/aromatic N) is 2. The van der Waals surface area contributed by atoms with Crippen molar-refractivity contribution in [3.63, 3.8) is 0 Å². The van der Waals surface area contributed by atoms with Crippen LogP contribution in [0.2, 0.25) is 0 Å². The lowest BCUT2D eigenvalue weighted by Gasteiger charge is -2.14. The quantitative estimate of drug-likeness (QED) is 0.824. The Labute approximate surface area is 105 Å². The summed E-state index contributed by atoms with van der Waals surface area (Å²) in [6.07, 6.45) is 2.18. The van der Waals surface area contributed by atoms with Crippen molar-refractivity contribution in [1.29, 1.82) is 0 Å². The number of β-amino-alcohol motifs (C(OH)–C–C–N with tert-alkyl or cyclic N) is 1. The minimum absolute atomic E-state index is 0.0170. The molecule has 1 aliphatic rings. The Balaban J connectivity index is 2.02. The molecular weight excluding hydrogens is 228 g/mol. The number of benzene rings is 1. The first kappa shape index (κ1) is 11.3. The van der Waals surface area contributed by atoms with Gasteiger partial charge in [-0.3, -0.25) is 4.79 Å². The van der Waals surface area contributed by atoms with E-state index in [1.807, 2.05) is 42.1 Å². The summed E-state index contributed by atoms with van der Waals surface area (Å²) < 4.78 is 1.97. The Hall–Kier alpha value is -1.81. The third-order valence-electron chi connectivity index (χ3n) is 3.58. The predicted octanol–water partition coefficient (Wildman–Crippen LogP) is 1.39. The number of aliphatic hydroxyl groups excluding tert-OH is 1. The molecule has 0 bridgehead atoms. The first-order chi connectivity index (χ1) is 8.66. The van der Waals surface area contributed by atoms with Crippen molar-refractivity contribution < 1.29 is 9.90 Å². The number of aryl methyl sites for hydroxylation is 1. The molecule has 1 atom stereocenters. The number of rotatable bonds is 1. The Morgan fingerprint density at radius 2 is 2.17 bits per heavy atom. The fourth-order valence-electron chi connectivity index (χ4n) is 2.61. The molecule has 0 aliphatic carbocycles. The lowest BCUT2D eigenvalue weighted by atomic mass is 10.1. The normalized spacial score (nSPS) is 19.7. The Morgan fingerprint density at radius 3 is 2.89 bits per heavy atom. The second-order valence-corrected chi connectivity index (χ2v) is 4.86. The predicted molar refractivity (Wildman–Crippen MR) is 69.4 cm³/mol. The van der Waals surface area contributed by atoms with Gasteiger partial charge >= 0.3 is 0 Å². The molecule has 4 nitrogen and oxygen atoms in total. The van der Waals surface area contributed by atoms with E-state index in [-0.39, 0.29) is 12.0 Å². The van der Waals surface area contributed by atoms with Crippen molar-refractivity contribution in [2.24, 2.45) is 7.05 Å². The average molecular weight is 244 g/mol. The molecule has 4 heteroatoms. The molecule has 0 spiro atoms. The summed E-state index contributed by atoms with van der Waals surface area (Å²) in [5.41, 5.74) is 1.78. The van der Waals surface area contributed by atoms with Crippen LogP contribution in [-0.4, -0.2) is 39.7 Å². The molecule has 2 aromatic rings. The smallest absolute Gasteiger partial charge is 0.256 e. The van der Waals surface area contributed by atoms with E-state index in [1.54, 1.807) is 4.90 Å². The molecule has 94 valence electrons. The van der Waals surface area contributed by atoms with E-state index >= 15 is 0 Å². The summed E-state index contributed by atoms with van der Waals surface area (Å²) in [5, 5.41) is 10.5. The number of hydrogen-bond acceptors (Lipinski definition) is 2. The lowest BCUT2D eigenvalue weighted by molar-refractivity contribution is 0.0766. The molecule has 1 aliphatic heterocycles. The lowest BCUT2D eigenvalue weighted by Crippen LogP contribution is -2.29.